The van der Waals surface area contributed by atoms with Gasteiger partial charge in [-0.2, -0.15) is 5.90 Å². The zero-order chi connectivity index (χ0) is 21.1. The number of nitrogens with zero attached hydrogens (tertiary/aromatic N) is 1. The molecular formula is C21H21Cl2N3O3. The molecule has 1 fully saturated rings. The summed E-state index contributed by atoms with van der Waals surface area (Å²) in [5.74, 6) is 5.67. The second-order valence-corrected chi connectivity index (χ2v) is 7.56. The Bertz CT molecular complexity index is 984. The first-order valence-corrected chi connectivity index (χ1v) is 9.68. The molecule has 6 nitrogen and oxygen atoms in total. The third-order valence-corrected chi connectivity index (χ3v) is 5.70. The Morgan fingerprint density at radius 1 is 1.10 bits per heavy atom. The van der Waals surface area contributed by atoms with E-state index in [1.807, 2.05) is 31.2 Å². The quantitative estimate of drug-likeness (QED) is 0.387. The summed E-state index contributed by atoms with van der Waals surface area (Å²) in [6.07, 6.45) is 0.860. The summed E-state index contributed by atoms with van der Waals surface area (Å²) < 4.78 is 0. The number of allylic oxidation sites excluding steroid dienone is 1. The van der Waals surface area contributed by atoms with E-state index < -0.39 is 5.91 Å². The van der Waals surface area contributed by atoms with E-state index in [2.05, 4.69) is 5.16 Å². The van der Waals surface area contributed by atoms with Crippen molar-refractivity contribution >= 4 is 40.6 Å². The molecule has 0 aliphatic heterocycles. The third kappa shape index (κ3) is 4.24. The Hall–Kier alpha value is -2.54. The van der Waals surface area contributed by atoms with Crippen LogP contribution < -0.4 is 11.6 Å². The molecule has 0 aromatic heterocycles. The van der Waals surface area contributed by atoms with E-state index in [4.69, 9.17) is 44.5 Å². The maximum Gasteiger partial charge on any atom is 0.271 e. The molecule has 2 aromatic rings. The maximum absolute atomic E-state index is 11.9. The van der Waals surface area contributed by atoms with E-state index >= 15 is 0 Å². The van der Waals surface area contributed by atoms with E-state index in [-0.39, 0.29) is 17.5 Å². The highest BCUT2D eigenvalue weighted by molar-refractivity contribution is 6.45. The molecule has 1 aliphatic rings. The first-order valence-electron chi connectivity index (χ1n) is 8.92. The van der Waals surface area contributed by atoms with Gasteiger partial charge in [0.1, 0.15) is 7.11 Å². The normalized spacial score (nSPS) is 19.4. The number of hydrogen-bond donors (Lipinski definition) is 2. The van der Waals surface area contributed by atoms with Gasteiger partial charge in [-0.25, -0.2) is 0 Å². The fourth-order valence-electron chi connectivity index (χ4n) is 3.60. The van der Waals surface area contributed by atoms with Crippen molar-refractivity contribution in [2.45, 2.75) is 19.3 Å². The van der Waals surface area contributed by atoms with Crippen LogP contribution in [-0.2, 0) is 14.5 Å². The first-order chi connectivity index (χ1) is 13.9. The molecule has 152 valence electrons. The average molecular weight is 434 g/mol. The molecule has 1 saturated carbocycles. The Kier molecular flexibility index (Phi) is 6.47. The number of rotatable bonds is 7. The molecule has 0 spiro atoms. The molecular weight excluding hydrogens is 413 g/mol. The lowest BCUT2D eigenvalue weighted by atomic mass is 9.96. The van der Waals surface area contributed by atoms with Gasteiger partial charge in [0.15, 0.2) is 11.5 Å². The van der Waals surface area contributed by atoms with Crippen molar-refractivity contribution in [2.75, 3.05) is 7.11 Å². The molecule has 0 saturated heterocycles. The van der Waals surface area contributed by atoms with Crippen LogP contribution in [0, 0.1) is 5.92 Å². The number of benzene rings is 2. The number of primary amides is 1. The lowest BCUT2D eigenvalue weighted by Gasteiger charge is -2.15. The monoisotopic (exact) mass is 433 g/mol. The van der Waals surface area contributed by atoms with Gasteiger partial charge in [-0.1, -0.05) is 58.7 Å². The van der Waals surface area contributed by atoms with E-state index in [1.54, 1.807) is 18.2 Å². The van der Waals surface area contributed by atoms with E-state index in [0.29, 0.717) is 26.9 Å². The van der Waals surface area contributed by atoms with Gasteiger partial charge < -0.3 is 15.4 Å². The van der Waals surface area contributed by atoms with Gasteiger partial charge in [0.05, 0.1) is 0 Å². The topological polar surface area (TPSA) is 99.9 Å². The van der Waals surface area contributed by atoms with Crippen LogP contribution in [0.15, 0.2) is 53.2 Å². The molecule has 4 N–H and O–H groups in total. The number of carbonyl (C=O) groups is 1. The van der Waals surface area contributed by atoms with Gasteiger partial charge in [0.2, 0.25) is 0 Å². The van der Waals surface area contributed by atoms with E-state index in [0.717, 1.165) is 17.6 Å². The molecule has 1 amide bonds. The summed E-state index contributed by atoms with van der Waals surface area (Å²) in [7, 11) is 1.34. The Labute approximate surface area is 179 Å². The summed E-state index contributed by atoms with van der Waals surface area (Å²) in [6, 6.07) is 12.5. The number of carbonyl (C=O) groups excluding carboxylic acids is 1. The highest BCUT2D eigenvalue weighted by atomic mass is 35.5. The fraction of sp³-hybridized carbons (Fsp3) is 0.238. The predicted molar refractivity (Wildman–Crippen MR) is 114 cm³/mol. The predicted octanol–water partition coefficient (Wildman–Crippen LogP) is 4.25. The Balaban J connectivity index is 2.04. The van der Waals surface area contributed by atoms with Crippen LogP contribution in [-0.4, -0.2) is 18.7 Å². The van der Waals surface area contributed by atoms with Crippen molar-refractivity contribution in [1.82, 2.24) is 0 Å². The van der Waals surface area contributed by atoms with Crippen LogP contribution in [0.2, 0.25) is 10.0 Å². The molecule has 29 heavy (non-hydrogen) atoms. The zero-order valence-electron chi connectivity index (χ0n) is 16.0. The maximum atomic E-state index is 11.9. The highest BCUT2D eigenvalue weighted by Crippen LogP contribution is 2.56. The zero-order valence-corrected chi connectivity index (χ0v) is 17.5. The third-order valence-electron chi connectivity index (χ3n) is 5.04. The van der Waals surface area contributed by atoms with Crippen molar-refractivity contribution < 1.29 is 14.5 Å². The number of oxime groups is 1. The summed E-state index contributed by atoms with van der Waals surface area (Å²) in [5.41, 5.74) is 8.36. The second kappa shape index (κ2) is 8.86. The Morgan fingerprint density at radius 3 is 2.28 bits per heavy atom. The second-order valence-electron chi connectivity index (χ2n) is 6.75. The average Bonchev–Trinajstić information content (AvgIpc) is 3.47. The van der Waals surface area contributed by atoms with Gasteiger partial charge in [-0.15, -0.1) is 0 Å². The number of halogens is 2. The van der Waals surface area contributed by atoms with Gasteiger partial charge in [0.25, 0.3) is 5.91 Å². The summed E-state index contributed by atoms with van der Waals surface area (Å²) >= 11 is 12.7. The molecule has 8 heteroatoms. The standard InChI is InChI=1S/C21H21Cl2N3O3/c1-11(14-10-15(14)18-16(22)8-5-9-17(18)23)20(29-25)13-7-4-3-6-12(13)19(21(24)27)26-28-2/h3-9,14-15H,10,25H2,1-2H3,(H2,24,27). The Morgan fingerprint density at radius 2 is 1.72 bits per heavy atom. The molecule has 3 rings (SSSR count). The van der Waals surface area contributed by atoms with Gasteiger partial charge >= 0.3 is 0 Å². The molecule has 0 bridgehead atoms. The molecule has 0 radical (unpaired) electrons. The molecule has 2 unspecified atom stereocenters. The smallest absolute Gasteiger partial charge is 0.271 e. The van der Waals surface area contributed by atoms with E-state index in [9.17, 15) is 4.79 Å². The van der Waals surface area contributed by atoms with Crippen LogP contribution in [0.3, 0.4) is 0 Å². The fourth-order valence-corrected chi connectivity index (χ4v) is 4.28. The summed E-state index contributed by atoms with van der Waals surface area (Å²) in [5, 5.41) is 5.04. The van der Waals surface area contributed by atoms with Crippen LogP contribution >= 0.6 is 23.2 Å². The van der Waals surface area contributed by atoms with Gasteiger partial charge in [-0.05, 0) is 48.4 Å². The van der Waals surface area contributed by atoms with E-state index in [1.165, 1.54) is 7.11 Å². The van der Waals surface area contributed by atoms with Crippen molar-refractivity contribution in [3.8, 4) is 0 Å². The molecule has 1 aliphatic carbocycles. The minimum Gasteiger partial charge on any atom is -0.411 e. The largest absolute Gasteiger partial charge is 0.411 e. The van der Waals surface area contributed by atoms with Gasteiger partial charge in [-0.3, -0.25) is 4.79 Å². The lowest BCUT2D eigenvalue weighted by molar-refractivity contribution is -0.112. The first kappa shape index (κ1) is 21.2. The lowest BCUT2D eigenvalue weighted by Crippen LogP contribution is -2.26. The van der Waals surface area contributed by atoms with Crippen molar-refractivity contribution in [1.29, 1.82) is 0 Å². The number of amides is 1. The highest BCUT2D eigenvalue weighted by Gasteiger charge is 2.43. The SMILES string of the molecule is CON=C(C(N)=O)c1ccccc1C(ON)=C(C)C1CC1c1c(Cl)cccc1Cl. The van der Waals surface area contributed by atoms with Crippen molar-refractivity contribution in [2.24, 2.45) is 22.7 Å². The van der Waals surface area contributed by atoms with Crippen LogP contribution in [0.4, 0.5) is 0 Å². The van der Waals surface area contributed by atoms with Crippen LogP contribution in [0.25, 0.3) is 5.76 Å². The van der Waals surface area contributed by atoms with Crippen molar-refractivity contribution in [3.63, 3.8) is 0 Å². The number of nitrogens with two attached hydrogens (primary N) is 2. The van der Waals surface area contributed by atoms with Crippen LogP contribution in [0.5, 0.6) is 0 Å². The number of hydrogen-bond acceptors (Lipinski definition) is 5. The molecule has 0 heterocycles. The molecule has 2 aromatic carbocycles. The molecule has 2 atom stereocenters. The minimum atomic E-state index is -0.722. The summed E-state index contributed by atoms with van der Waals surface area (Å²) in [6.45, 7) is 1.94. The van der Waals surface area contributed by atoms with Crippen LogP contribution in [0.1, 0.15) is 36.0 Å². The summed E-state index contributed by atoms with van der Waals surface area (Å²) in [4.78, 5) is 21.9. The van der Waals surface area contributed by atoms with Crippen molar-refractivity contribution in [3.05, 3.63) is 74.8 Å². The minimum absolute atomic E-state index is 0.0213. The van der Waals surface area contributed by atoms with Gasteiger partial charge in [0, 0.05) is 21.2 Å².